The van der Waals surface area contributed by atoms with Gasteiger partial charge in [-0.1, -0.05) is 6.07 Å². The third-order valence-electron chi connectivity index (χ3n) is 6.93. The molecule has 9 heteroatoms. The first kappa shape index (κ1) is 22.6. The van der Waals surface area contributed by atoms with Crippen LogP contribution in [0.25, 0.3) is 0 Å². The number of rotatable bonds is 3. The lowest BCUT2D eigenvalue weighted by Crippen LogP contribution is -2.56. The lowest BCUT2D eigenvalue weighted by atomic mass is 9.83. The number of ether oxygens (including phenoxy) is 2. The number of benzene rings is 2. The van der Waals surface area contributed by atoms with Crippen molar-refractivity contribution in [3.63, 3.8) is 0 Å². The first-order valence-electron chi connectivity index (χ1n) is 11.4. The summed E-state index contributed by atoms with van der Waals surface area (Å²) in [5, 5.41) is 0. The van der Waals surface area contributed by atoms with Crippen LogP contribution >= 0.6 is 0 Å². The number of fused-ring (bicyclic) bond motifs is 2. The third-order valence-corrected chi connectivity index (χ3v) is 6.93. The van der Waals surface area contributed by atoms with Crippen molar-refractivity contribution in [1.29, 1.82) is 0 Å². The normalized spacial score (nSPS) is 21.9. The summed E-state index contributed by atoms with van der Waals surface area (Å²) in [6.07, 6.45) is -1.73. The topological polar surface area (TPSA) is 59.1 Å². The number of hydrogen-bond acceptors (Lipinski definition) is 4. The summed E-state index contributed by atoms with van der Waals surface area (Å²) in [6.45, 7) is 1.84. The number of alkyl halides is 3. The highest BCUT2D eigenvalue weighted by atomic mass is 19.4. The Morgan fingerprint density at radius 1 is 0.971 bits per heavy atom. The van der Waals surface area contributed by atoms with E-state index in [1.54, 1.807) is 4.90 Å². The van der Waals surface area contributed by atoms with Gasteiger partial charge in [0.25, 0.3) is 5.91 Å². The Kier molecular flexibility index (Phi) is 5.87. The molecule has 2 atom stereocenters. The SMILES string of the molecule is O=C(c1ccc(C(F)(F)F)cc1)N1CC[C@H]2[C@H](CCCN2C(=O)Cc2ccc3c(c2)OCO3)C1. The second-order valence-electron chi connectivity index (χ2n) is 9.04. The maximum atomic E-state index is 13.2. The minimum Gasteiger partial charge on any atom is -0.454 e. The van der Waals surface area contributed by atoms with Crippen LogP contribution in [-0.4, -0.2) is 54.1 Å². The molecule has 2 fully saturated rings. The minimum absolute atomic E-state index is 0.0519. The van der Waals surface area contributed by atoms with E-state index in [1.165, 1.54) is 12.1 Å². The Balaban J connectivity index is 1.23. The van der Waals surface area contributed by atoms with E-state index in [0.29, 0.717) is 37.6 Å². The van der Waals surface area contributed by atoms with Gasteiger partial charge < -0.3 is 19.3 Å². The van der Waals surface area contributed by atoms with Gasteiger partial charge in [0.1, 0.15) is 0 Å². The minimum atomic E-state index is -4.43. The van der Waals surface area contributed by atoms with Crippen LogP contribution in [0.2, 0.25) is 0 Å². The van der Waals surface area contributed by atoms with Gasteiger partial charge >= 0.3 is 6.18 Å². The van der Waals surface area contributed by atoms with Gasteiger partial charge in [-0.2, -0.15) is 13.2 Å². The van der Waals surface area contributed by atoms with Gasteiger partial charge in [-0.3, -0.25) is 9.59 Å². The Morgan fingerprint density at radius 2 is 1.74 bits per heavy atom. The highest BCUT2D eigenvalue weighted by molar-refractivity contribution is 5.94. The fourth-order valence-electron chi connectivity index (χ4n) is 5.21. The molecule has 0 spiro atoms. The predicted octanol–water partition coefficient (Wildman–Crippen LogP) is 4.13. The van der Waals surface area contributed by atoms with Crippen molar-refractivity contribution in [3.8, 4) is 11.5 Å². The number of likely N-dealkylation sites (tertiary alicyclic amines) is 2. The van der Waals surface area contributed by atoms with Crippen LogP contribution in [0.1, 0.15) is 40.7 Å². The van der Waals surface area contributed by atoms with E-state index in [2.05, 4.69) is 0 Å². The fourth-order valence-corrected chi connectivity index (χ4v) is 5.21. The van der Waals surface area contributed by atoms with Gasteiger partial charge in [0.2, 0.25) is 12.7 Å². The summed E-state index contributed by atoms with van der Waals surface area (Å²) < 4.78 is 49.2. The molecule has 0 saturated carbocycles. The van der Waals surface area contributed by atoms with E-state index in [1.807, 2.05) is 23.1 Å². The maximum Gasteiger partial charge on any atom is 0.416 e. The van der Waals surface area contributed by atoms with Gasteiger partial charge in [-0.15, -0.1) is 0 Å². The van der Waals surface area contributed by atoms with E-state index in [4.69, 9.17) is 9.47 Å². The number of carbonyl (C=O) groups is 2. The van der Waals surface area contributed by atoms with Gasteiger partial charge in [0, 0.05) is 31.2 Å². The van der Waals surface area contributed by atoms with E-state index >= 15 is 0 Å². The summed E-state index contributed by atoms with van der Waals surface area (Å²) >= 11 is 0. The van der Waals surface area contributed by atoms with Crippen molar-refractivity contribution >= 4 is 11.8 Å². The van der Waals surface area contributed by atoms with E-state index < -0.39 is 11.7 Å². The number of hydrogen-bond donors (Lipinski definition) is 0. The smallest absolute Gasteiger partial charge is 0.416 e. The number of halogens is 3. The second kappa shape index (κ2) is 8.85. The maximum absolute atomic E-state index is 13.2. The molecular formula is C25H25F3N2O4. The second-order valence-corrected chi connectivity index (χ2v) is 9.04. The third kappa shape index (κ3) is 4.43. The van der Waals surface area contributed by atoms with Crippen LogP contribution in [0.5, 0.6) is 11.5 Å². The molecule has 2 amide bonds. The standard InChI is InChI=1S/C25H25F3N2O4/c26-25(27,28)19-6-4-17(5-7-19)24(32)29-11-9-20-18(14-29)2-1-10-30(20)23(31)13-16-3-8-21-22(12-16)34-15-33-21/h3-8,12,18,20H,1-2,9-11,13-15H2/t18-,20+/m1/s1. The molecule has 2 aromatic carbocycles. The quantitative estimate of drug-likeness (QED) is 0.671. The molecule has 2 saturated heterocycles. The number of carbonyl (C=O) groups excluding carboxylic acids is 2. The molecule has 0 bridgehead atoms. The Morgan fingerprint density at radius 3 is 2.50 bits per heavy atom. The average Bonchev–Trinajstić information content (AvgIpc) is 3.30. The molecule has 0 N–H and O–H groups in total. The molecule has 0 radical (unpaired) electrons. The first-order chi connectivity index (χ1) is 16.3. The van der Waals surface area contributed by atoms with Crippen LogP contribution < -0.4 is 9.47 Å². The molecule has 3 aliphatic rings. The van der Waals surface area contributed by atoms with Crippen LogP contribution in [0.3, 0.4) is 0 Å². The Hall–Kier alpha value is -3.23. The van der Waals surface area contributed by atoms with Gasteiger partial charge in [0.05, 0.1) is 12.0 Å². The molecule has 5 rings (SSSR count). The van der Waals surface area contributed by atoms with Crippen molar-refractivity contribution in [2.75, 3.05) is 26.4 Å². The van der Waals surface area contributed by atoms with Gasteiger partial charge in [-0.05, 0) is 67.1 Å². The summed E-state index contributed by atoms with van der Waals surface area (Å²) in [5.41, 5.74) is 0.343. The highest BCUT2D eigenvalue weighted by Gasteiger charge is 2.39. The number of nitrogens with zero attached hydrogens (tertiary/aromatic N) is 2. The van der Waals surface area contributed by atoms with E-state index in [0.717, 1.165) is 30.5 Å². The lowest BCUT2D eigenvalue weighted by Gasteiger charge is -2.47. The summed E-state index contributed by atoms with van der Waals surface area (Å²) in [6, 6.07) is 9.94. The molecular weight excluding hydrogens is 449 g/mol. The molecule has 2 aromatic rings. The number of piperidine rings is 2. The number of amides is 2. The molecule has 6 nitrogen and oxygen atoms in total. The van der Waals surface area contributed by atoms with Crippen molar-refractivity contribution in [1.82, 2.24) is 9.80 Å². The Labute approximate surface area is 195 Å². The summed E-state index contributed by atoms with van der Waals surface area (Å²) in [7, 11) is 0. The van der Waals surface area contributed by atoms with Crippen LogP contribution in [-0.2, 0) is 17.4 Å². The molecule has 3 aliphatic heterocycles. The molecule has 0 aliphatic carbocycles. The average molecular weight is 474 g/mol. The molecule has 34 heavy (non-hydrogen) atoms. The fraction of sp³-hybridized carbons (Fsp3) is 0.440. The van der Waals surface area contributed by atoms with Gasteiger partial charge in [0.15, 0.2) is 11.5 Å². The highest BCUT2D eigenvalue weighted by Crippen LogP contribution is 2.35. The van der Waals surface area contributed by atoms with Crippen LogP contribution in [0.4, 0.5) is 13.2 Å². The van der Waals surface area contributed by atoms with Gasteiger partial charge in [-0.25, -0.2) is 0 Å². The van der Waals surface area contributed by atoms with Crippen molar-refractivity contribution in [3.05, 3.63) is 59.2 Å². The lowest BCUT2D eigenvalue weighted by molar-refractivity contribution is -0.138. The van der Waals surface area contributed by atoms with Crippen LogP contribution in [0, 0.1) is 5.92 Å². The monoisotopic (exact) mass is 474 g/mol. The molecule has 0 unspecified atom stereocenters. The molecule has 0 aromatic heterocycles. The van der Waals surface area contributed by atoms with E-state index in [9.17, 15) is 22.8 Å². The first-order valence-corrected chi connectivity index (χ1v) is 11.4. The zero-order valence-electron chi connectivity index (χ0n) is 18.5. The predicted molar refractivity (Wildman–Crippen MR) is 116 cm³/mol. The largest absolute Gasteiger partial charge is 0.454 e. The Bertz CT molecular complexity index is 1090. The molecule has 180 valence electrons. The van der Waals surface area contributed by atoms with Crippen molar-refractivity contribution in [2.24, 2.45) is 5.92 Å². The molecule has 3 heterocycles. The van der Waals surface area contributed by atoms with E-state index in [-0.39, 0.29) is 42.6 Å². The van der Waals surface area contributed by atoms with Crippen molar-refractivity contribution in [2.45, 2.75) is 37.9 Å². The van der Waals surface area contributed by atoms with Crippen LogP contribution in [0.15, 0.2) is 42.5 Å². The summed E-state index contributed by atoms with van der Waals surface area (Å²) in [5.74, 6) is 1.27. The zero-order valence-corrected chi connectivity index (χ0v) is 18.5. The summed E-state index contributed by atoms with van der Waals surface area (Å²) in [4.78, 5) is 29.7. The zero-order chi connectivity index (χ0) is 23.9. The van der Waals surface area contributed by atoms with Crippen molar-refractivity contribution < 1.29 is 32.2 Å².